The average Bonchev–Trinajstić information content (AvgIpc) is 3.22. The summed E-state index contributed by atoms with van der Waals surface area (Å²) in [5.74, 6) is -1.00. The van der Waals surface area contributed by atoms with Crippen LogP contribution in [0.25, 0.3) is 0 Å². The summed E-state index contributed by atoms with van der Waals surface area (Å²) in [7, 11) is 3.70. The zero-order valence-corrected chi connectivity index (χ0v) is 23.1. The van der Waals surface area contributed by atoms with Crippen molar-refractivity contribution in [2.45, 2.75) is 57.3 Å². The van der Waals surface area contributed by atoms with Gasteiger partial charge in [-0.3, -0.25) is 4.79 Å². The number of aryl methyl sites for hydroxylation is 2. The van der Waals surface area contributed by atoms with Crippen molar-refractivity contribution in [1.29, 1.82) is 0 Å². The molecule has 1 fully saturated rings. The van der Waals surface area contributed by atoms with Gasteiger partial charge in [0.15, 0.2) is 0 Å². The van der Waals surface area contributed by atoms with Gasteiger partial charge in [-0.2, -0.15) is 18.2 Å². The van der Waals surface area contributed by atoms with Crippen LogP contribution in [0, 0.1) is 5.82 Å². The molecule has 2 aliphatic rings. The lowest BCUT2D eigenvalue weighted by atomic mass is 10.0. The molecule has 2 aromatic carbocycles. The maximum absolute atomic E-state index is 14.7. The SMILES string of the molecule is CN1CCC(Nc2ccc(CCCCc3ncc(C(F)(F)F)c(Oc4cccc5c4C(=O)N(C)C5)n3)cc2F)CC1. The van der Waals surface area contributed by atoms with Crippen molar-refractivity contribution < 1.29 is 27.1 Å². The standard InChI is InChI=1S/C30H33F4N5O2/c1-38-14-12-21(13-15-38)36-24-11-10-19(16-23(24)31)6-3-4-9-26-35-17-22(30(32,33)34)28(37-26)41-25-8-5-7-20-18-39(2)29(40)27(20)25/h5,7-8,10-11,16-17,21,36H,3-4,6,9,12-15,18H2,1-2H3. The summed E-state index contributed by atoms with van der Waals surface area (Å²) in [5.41, 5.74) is 1.16. The molecule has 41 heavy (non-hydrogen) atoms. The Morgan fingerprint density at radius 3 is 2.56 bits per heavy atom. The molecule has 0 atom stereocenters. The van der Waals surface area contributed by atoms with Gasteiger partial charge < -0.3 is 19.9 Å². The summed E-state index contributed by atoms with van der Waals surface area (Å²) in [6.07, 6.45) is 0.132. The number of fused-ring (bicyclic) bond motifs is 1. The van der Waals surface area contributed by atoms with E-state index in [1.165, 1.54) is 17.0 Å². The number of carbonyl (C=O) groups excluding carboxylic acids is 1. The van der Waals surface area contributed by atoms with Crippen LogP contribution in [0.3, 0.4) is 0 Å². The molecule has 0 unspecified atom stereocenters. The van der Waals surface area contributed by atoms with Crippen LogP contribution in [0.15, 0.2) is 42.6 Å². The summed E-state index contributed by atoms with van der Waals surface area (Å²) < 4.78 is 61.5. The van der Waals surface area contributed by atoms with E-state index in [-0.39, 0.29) is 34.9 Å². The number of alkyl halides is 3. The molecule has 0 saturated carbocycles. The number of carbonyl (C=O) groups is 1. The Morgan fingerprint density at radius 1 is 1.07 bits per heavy atom. The Kier molecular flexibility index (Phi) is 8.44. The molecule has 1 amide bonds. The first kappa shape index (κ1) is 28.8. The molecule has 3 heterocycles. The van der Waals surface area contributed by atoms with Crippen molar-refractivity contribution in [2.24, 2.45) is 0 Å². The summed E-state index contributed by atoms with van der Waals surface area (Å²) in [6.45, 7) is 2.33. The first-order valence-electron chi connectivity index (χ1n) is 13.8. The van der Waals surface area contributed by atoms with Gasteiger partial charge in [0.25, 0.3) is 5.91 Å². The summed E-state index contributed by atoms with van der Waals surface area (Å²) in [4.78, 5) is 24.3. The Bertz CT molecular complexity index is 1410. The number of ether oxygens (including phenoxy) is 1. The molecule has 0 aliphatic carbocycles. The molecule has 1 N–H and O–H groups in total. The van der Waals surface area contributed by atoms with E-state index >= 15 is 0 Å². The van der Waals surface area contributed by atoms with E-state index in [0.717, 1.165) is 37.7 Å². The van der Waals surface area contributed by atoms with Gasteiger partial charge in [-0.25, -0.2) is 9.37 Å². The molecule has 0 bridgehead atoms. The number of aromatic nitrogens is 2. The molecule has 7 nitrogen and oxygen atoms in total. The van der Waals surface area contributed by atoms with Crippen LogP contribution in [-0.2, 0) is 25.6 Å². The second-order valence-corrected chi connectivity index (χ2v) is 10.8. The number of amides is 1. The third-order valence-electron chi connectivity index (χ3n) is 7.62. The van der Waals surface area contributed by atoms with Crippen molar-refractivity contribution >= 4 is 11.6 Å². The predicted molar refractivity (Wildman–Crippen MR) is 147 cm³/mol. The van der Waals surface area contributed by atoms with E-state index in [4.69, 9.17) is 4.74 Å². The minimum Gasteiger partial charge on any atom is -0.437 e. The predicted octanol–water partition coefficient (Wildman–Crippen LogP) is 6.08. The highest BCUT2D eigenvalue weighted by Crippen LogP contribution is 2.39. The van der Waals surface area contributed by atoms with Gasteiger partial charge in [0, 0.05) is 32.3 Å². The van der Waals surface area contributed by atoms with Gasteiger partial charge in [0.05, 0.1) is 11.3 Å². The van der Waals surface area contributed by atoms with Gasteiger partial charge in [-0.15, -0.1) is 0 Å². The maximum atomic E-state index is 14.7. The average molecular weight is 572 g/mol. The van der Waals surface area contributed by atoms with E-state index in [1.54, 1.807) is 25.2 Å². The number of benzene rings is 2. The van der Waals surface area contributed by atoms with Crippen molar-refractivity contribution in [3.63, 3.8) is 0 Å². The van der Waals surface area contributed by atoms with Gasteiger partial charge in [-0.1, -0.05) is 18.2 Å². The van der Waals surface area contributed by atoms with Gasteiger partial charge in [0.2, 0.25) is 5.88 Å². The molecule has 0 radical (unpaired) electrons. The number of halogens is 4. The lowest BCUT2D eigenvalue weighted by molar-refractivity contribution is -0.139. The number of likely N-dealkylation sites (tertiary alicyclic amines) is 1. The fourth-order valence-electron chi connectivity index (χ4n) is 5.27. The monoisotopic (exact) mass is 571 g/mol. The first-order valence-corrected chi connectivity index (χ1v) is 13.8. The zero-order chi connectivity index (χ0) is 29.1. The minimum atomic E-state index is -4.73. The van der Waals surface area contributed by atoms with Crippen LogP contribution in [0.2, 0.25) is 0 Å². The molecule has 1 aromatic heterocycles. The molecule has 1 saturated heterocycles. The van der Waals surface area contributed by atoms with Crippen LogP contribution < -0.4 is 10.1 Å². The molecule has 3 aromatic rings. The lowest BCUT2D eigenvalue weighted by Gasteiger charge is -2.30. The number of nitrogens with one attached hydrogen (secondary N) is 1. The van der Waals surface area contributed by atoms with Crippen LogP contribution in [-0.4, -0.2) is 58.9 Å². The van der Waals surface area contributed by atoms with Crippen LogP contribution in [0.4, 0.5) is 23.2 Å². The smallest absolute Gasteiger partial charge is 0.423 e. The first-order chi connectivity index (χ1) is 19.6. The Hall–Kier alpha value is -3.73. The number of nitrogens with zero attached hydrogens (tertiary/aromatic N) is 4. The Morgan fingerprint density at radius 2 is 1.83 bits per heavy atom. The zero-order valence-electron chi connectivity index (χ0n) is 23.1. The van der Waals surface area contributed by atoms with E-state index in [0.29, 0.717) is 43.5 Å². The third kappa shape index (κ3) is 6.78. The van der Waals surface area contributed by atoms with Crippen molar-refractivity contribution in [1.82, 2.24) is 19.8 Å². The number of hydrogen-bond acceptors (Lipinski definition) is 6. The van der Waals surface area contributed by atoms with Crippen LogP contribution >= 0.6 is 0 Å². The van der Waals surface area contributed by atoms with E-state index in [2.05, 4.69) is 27.2 Å². The van der Waals surface area contributed by atoms with Gasteiger partial charge >= 0.3 is 6.18 Å². The van der Waals surface area contributed by atoms with E-state index in [1.807, 2.05) is 6.07 Å². The summed E-state index contributed by atoms with van der Waals surface area (Å²) >= 11 is 0. The van der Waals surface area contributed by atoms with Crippen LogP contribution in [0.1, 0.15) is 58.6 Å². The maximum Gasteiger partial charge on any atom is 0.423 e. The van der Waals surface area contributed by atoms with E-state index in [9.17, 15) is 22.4 Å². The molecule has 0 spiro atoms. The van der Waals surface area contributed by atoms with Gasteiger partial charge in [-0.05, 0) is 81.6 Å². The molecule has 2 aliphatic heterocycles. The molecule has 218 valence electrons. The minimum absolute atomic E-state index is 0.0304. The molecule has 11 heteroatoms. The summed E-state index contributed by atoms with van der Waals surface area (Å²) in [6, 6.07) is 10.3. The lowest BCUT2D eigenvalue weighted by Crippen LogP contribution is -2.36. The number of hydrogen-bond donors (Lipinski definition) is 1. The van der Waals surface area contributed by atoms with Crippen molar-refractivity contribution in [3.05, 3.63) is 76.5 Å². The van der Waals surface area contributed by atoms with Crippen molar-refractivity contribution in [3.8, 4) is 11.6 Å². The third-order valence-corrected chi connectivity index (χ3v) is 7.62. The largest absolute Gasteiger partial charge is 0.437 e. The fraction of sp³-hybridized carbons (Fsp3) is 0.433. The number of unbranched alkanes of at least 4 members (excludes halogenated alkanes) is 1. The van der Waals surface area contributed by atoms with Crippen LogP contribution in [0.5, 0.6) is 11.6 Å². The molecular formula is C30H33F4N5O2. The number of piperidine rings is 1. The summed E-state index contributed by atoms with van der Waals surface area (Å²) in [5, 5.41) is 3.31. The molecule has 5 rings (SSSR count). The fourth-order valence-corrected chi connectivity index (χ4v) is 5.27. The van der Waals surface area contributed by atoms with Crippen molar-refractivity contribution in [2.75, 3.05) is 32.5 Å². The quantitative estimate of drug-likeness (QED) is 0.248. The highest BCUT2D eigenvalue weighted by molar-refractivity contribution is 6.00. The van der Waals surface area contributed by atoms with Gasteiger partial charge in [0.1, 0.15) is 23.0 Å². The van der Waals surface area contributed by atoms with E-state index < -0.39 is 17.6 Å². The Balaban J connectivity index is 1.21. The highest BCUT2D eigenvalue weighted by atomic mass is 19.4. The number of anilines is 1. The second-order valence-electron chi connectivity index (χ2n) is 10.8. The normalized spacial score (nSPS) is 16.2. The topological polar surface area (TPSA) is 70.6 Å². The Labute approximate surface area is 236 Å². The second kappa shape index (κ2) is 12.0. The highest BCUT2D eigenvalue weighted by Gasteiger charge is 2.37. The molecular weight excluding hydrogens is 538 g/mol. The number of rotatable bonds is 9.